The van der Waals surface area contributed by atoms with Gasteiger partial charge in [0.2, 0.25) is 0 Å². The minimum Gasteiger partial charge on any atom is -0.374 e. The number of halogens is 1. The van der Waals surface area contributed by atoms with Crippen molar-refractivity contribution in [1.82, 2.24) is 0 Å². The van der Waals surface area contributed by atoms with Crippen molar-refractivity contribution in [2.75, 3.05) is 25.0 Å². The van der Waals surface area contributed by atoms with Crippen LogP contribution in [0.5, 0.6) is 0 Å². The van der Waals surface area contributed by atoms with Crippen molar-refractivity contribution in [3.8, 4) is 0 Å². The van der Waals surface area contributed by atoms with Gasteiger partial charge in [0.1, 0.15) is 0 Å². The molecule has 0 saturated carbocycles. The summed E-state index contributed by atoms with van der Waals surface area (Å²) in [6.45, 7) is 6.21. The molecule has 0 aromatic heterocycles. The van der Waals surface area contributed by atoms with E-state index in [1.807, 2.05) is 0 Å². The van der Waals surface area contributed by atoms with Crippen LogP contribution in [0.3, 0.4) is 0 Å². The Kier molecular flexibility index (Phi) is 5.29. The van der Waals surface area contributed by atoms with Crippen LogP contribution >= 0.6 is 15.9 Å². The fraction of sp³-hybridized carbons (Fsp3) is 0.538. The summed E-state index contributed by atoms with van der Waals surface area (Å²) in [7, 11) is 2.14. The molecule has 90 valence electrons. The second-order valence-electron chi connectivity index (χ2n) is 4.49. The smallest absolute Gasteiger partial charge is 0.0404 e. The molecule has 1 atom stereocenters. The molecule has 0 spiro atoms. The van der Waals surface area contributed by atoms with Crippen LogP contribution in [-0.2, 0) is 0 Å². The second kappa shape index (κ2) is 6.26. The molecule has 1 unspecified atom stereocenters. The highest BCUT2D eigenvalue weighted by atomic mass is 79.9. The summed E-state index contributed by atoms with van der Waals surface area (Å²) in [4.78, 5) is 2.31. The van der Waals surface area contributed by atoms with Crippen molar-refractivity contribution >= 4 is 21.6 Å². The van der Waals surface area contributed by atoms with Gasteiger partial charge in [-0.3, -0.25) is 0 Å². The Morgan fingerprint density at radius 2 is 2.12 bits per heavy atom. The average Bonchev–Trinajstić information content (AvgIpc) is 2.21. The largest absolute Gasteiger partial charge is 0.374 e. The maximum absolute atomic E-state index is 5.57. The molecular formula is C13H21BrN2. The van der Waals surface area contributed by atoms with Gasteiger partial charge in [0.05, 0.1) is 0 Å². The molecule has 1 rings (SSSR count). The third-order valence-electron chi connectivity index (χ3n) is 2.83. The molecule has 16 heavy (non-hydrogen) atoms. The van der Waals surface area contributed by atoms with E-state index in [9.17, 15) is 0 Å². The van der Waals surface area contributed by atoms with Crippen molar-refractivity contribution < 1.29 is 0 Å². The highest BCUT2D eigenvalue weighted by molar-refractivity contribution is 9.10. The number of hydrogen-bond acceptors (Lipinski definition) is 2. The van der Waals surface area contributed by atoms with Crippen molar-refractivity contribution in [2.24, 2.45) is 11.7 Å². The highest BCUT2D eigenvalue weighted by Gasteiger charge is 2.09. The van der Waals surface area contributed by atoms with Gasteiger partial charge in [-0.25, -0.2) is 0 Å². The van der Waals surface area contributed by atoms with E-state index in [1.165, 1.54) is 11.3 Å². The van der Waals surface area contributed by atoms with E-state index in [4.69, 9.17) is 5.73 Å². The first kappa shape index (κ1) is 13.5. The number of hydrogen-bond donors (Lipinski definition) is 1. The zero-order chi connectivity index (χ0) is 12.1. The first-order valence-electron chi connectivity index (χ1n) is 5.72. The Balaban J connectivity index is 2.72. The first-order valence-corrected chi connectivity index (χ1v) is 6.51. The predicted octanol–water partition coefficient (Wildman–Crippen LogP) is 3.18. The van der Waals surface area contributed by atoms with Gasteiger partial charge in [0.15, 0.2) is 0 Å². The van der Waals surface area contributed by atoms with Gasteiger partial charge in [-0.1, -0.05) is 28.9 Å². The van der Waals surface area contributed by atoms with Gasteiger partial charge in [0, 0.05) is 23.8 Å². The molecule has 0 aliphatic heterocycles. The molecule has 0 saturated heterocycles. The van der Waals surface area contributed by atoms with Crippen LogP contribution in [0.2, 0.25) is 0 Å². The van der Waals surface area contributed by atoms with Crippen LogP contribution in [0, 0.1) is 12.8 Å². The van der Waals surface area contributed by atoms with E-state index >= 15 is 0 Å². The number of nitrogens with zero attached hydrogens (tertiary/aromatic N) is 1. The third kappa shape index (κ3) is 3.80. The molecule has 0 fully saturated rings. The topological polar surface area (TPSA) is 29.3 Å². The summed E-state index contributed by atoms with van der Waals surface area (Å²) in [5, 5.41) is 0. The van der Waals surface area contributed by atoms with E-state index in [1.54, 1.807) is 0 Å². The lowest BCUT2D eigenvalue weighted by Crippen LogP contribution is -2.25. The lowest BCUT2D eigenvalue weighted by atomic mass is 10.1. The molecule has 1 aromatic rings. The fourth-order valence-corrected chi connectivity index (χ4v) is 2.28. The van der Waals surface area contributed by atoms with Gasteiger partial charge < -0.3 is 10.6 Å². The molecule has 2 N–H and O–H groups in total. The quantitative estimate of drug-likeness (QED) is 0.900. The number of aryl methyl sites for hydroxylation is 1. The minimum absolute atomic E-state index is 0.633. The molecule has 0 heterocycles. The van der Waals surface area contributed by atoms with Crippen LogP contribution in [-0.4, -0.2) is 20.1 Å². The number of benzene rings is 1. The van der Waals surface area contributed by atoms with Crippen LogP contribution in [0.25, 0.3) is 0 Å². The van der Waals surface area contributed by atoms with Crippen molar-refractivity contribution in [2.45, 2.75) is 20.3 Å². The average molecular weight is 285 g/mol. The Labute approximate surface area is 107 Å². The van der Waals surface area contributed by atoms with E-state index in [0.717, 1.165) is 24.0 Å². The number of rotatable bonds is 5. The van der Waals surface area contributed by atoms with Gasteiger partial charge >= 0.3 is 0 Å². The van der Waals surface area contributed by atoms with Crippen molar-refractivity contribution in [1.29, 1.82) is 0 Å². The number of nitrogens with two attached hydrogens (primary N) is 1. The van der Waals surface area contributed by atoms with Gasteiger partial charge in [-0.15, -0.1) is 0 Å². The molecule has 1 aromatic carbocycles. The highest BCUT2D eigenvalue weighted by Crippen LogP contribution is 2.24. The summed E-state index contributed by atoms with van der Waals surface area (Å²) < 4.78 is 1.13. The molecule has 3 heteroatoms. The maximum atomic E-state index is 5.57. The molecule has 0 aliphatic carbocycles. The summed E-state index contributed by atoms with van der Waals surface area (Å²) in [5.41, 5.74) is 8.17. The molecule has 0 bridgehead atoms. The van der Waals surface area contributed by atoms with Crippen molar-refractivity contribution in [3.05, 3.63) is 28.2 Å². The molecule has 0 aliphatic rings. The number of anilines is 1. The fourth-order valence-electron chi connectivity index (χ4n) is 1.94. The summed E-state index contributed by atoms with van der Waals surface area (Å²) in [6.07, 6.45) is 1.08. The summed E-state index contributed by atoms with van der Waals surface area (Å²) in [5.74, 6) is 0.633. The normalized spacial score (nSPS) is 12.6. The molecule has 0 radical (unpaired) electrons. The third-order valence-corrected chi connectivity index (χ3v) is 3.32. The Bertz CT molecular complexity index is 339. The molecular weight excluding hydrogens is 264 g/mol. The van der Waals surface area contributed by atoms with Crippen molar-refractivity contribution in [3.63, 3.8) is 0 Å². The molecule has 2 nitrogen and oxygen atoms in total. The lowest BCUT2D eigenvalue weighted by molar-refractivity contribution is 0.539. The standard InChI is InChI=1S/C13H21BrN2/c1-10(6-7-15)9-16(3)13-8-12(14)5-4-11(13)2/h4-5,8,10H,6-7,9,15H2,1-3H3. The van der Waals surface area contributed by atoms with E-state index in [0.29, 0.717) is 5.92 Å². The van der Waals surface area contributed by atoms with E-state index < -0.39 is 0 Å². The van der Waals surface area contributed by atoms with Gasteiger partial charge in [-0.2, -0.15) is 0 Å². The second-order valence-corrected chi connectivity index (χ2v) is 5.41. The zero-order valence-corrected chi connectivity index (χ0v) is 11.9. The van der Waals surface area contributed by atoms with E-state index in [2.05, 4.69) is 59.9 Å². The van der Waals surface area contributed by atoms with Crippen LogP contribution < -0.4 is 10.6 Å². The van der Waals surface area contributed by atoms with Crippen LogP contribution in [0.15, 0.2) is 22.7 Å². The van der Waals surface area contributed by atoms with Gasteiger partial charge in [-0.05, 0) is 43.5 Å². The first-order chi connectivity index (χ1) is 7.54. The Morgan fingerprint density at radius 3 is 2.75 bits per heavy atom. The molecule has 0 amide bonds. The predicted molar refractivity (Wildman–Crippen MR) is 75.0 cm³/mol. The van der Waals surface area contributed by atoms with Crippen LogP contribution in [0.4, 0.5) is 5.69 Å². The Hall–Kier alpha value is -0.540. The Morgan fingerprint density at radius 1 is 1.44 bits per heavy atom. The monoisotopic (exact) mass is 284 g/mol. The summed E-state index contributed by atoms with van der Waals surface area (Å²) >= 11 is 3.51. The minimum atomic E-state index is 0.633. The van der Waals surface area contributed by atoms with Gasteiger partial charge in [0.25, 0.3) is 0 Å². The van der Waals surface area contributed by atoms with E-state index in [-0.39, 0.29) is 0 Å². The summed E-state index contributed by atoms with van der Waals surface area (Å²) in [6, 6.07) is 6.39. The maximum Gasteiger partial charge on any atom is 0.0404 e. The van der Waals surface area contributed by atoms with Crippen LogP contribution in [0.1, 0.15) is 18.9 Å². The lowest BCUT2D eigenvalue weighted by Gasteiger charge is -2.25. The SMILES string of the molecule is Cc1ccc(Br)cc1N(C)CC(C)CCN. The zero-order valence-electron chi connectivity index (χ0n) is 10.3.